The van der Waals surface area contributed by atoms with Gasteiger partial charge in [-0.25, -0.2) is 9.97 Å². The summed E-state index contributed by atoms with van der Waals surface area (Å²) in [5.41, 5.74) is 7.05. The van der Waals surface area contributed by atoms with Crippen molar-refractivity contribution in [3.05, 3.63) is 30.9 Å². The first kappa shape index (κ1) is 19.7. The summed E-state index contributed by atoms with van der Waals surface area (Å²) in [4.78, 5) is 27.1. The van der Waals surface area contributed by atoms with Gasteiger partial charge in [-0.1, -0.05) is 4.68 Å². The molecule has 2 aromatic heterocycles. The van der Waals surface area contributed by atoms with E-state index in [1.807, 2.05) is 0 Å². The topological polar surface area (TPSA) is 146 Å². The second-order valence-corrected chi connectivity index (χ2v) is 4.44. The molecule has 2 aromatic rings. The van der Waals surface area contributed by atoms with Crippen LogP contribution in [0, 0.1) is 0 Å². The molecule has 0 aromatic carbocycles. The minimum atomic E-state index is -5.19. The third-order valence-electron chi connectivity index (χ3n) is 2.54. The first-order chi connectivity index (χ1) is 11.6. The summed E-state index contributed by atoms with van der Waals surface area (Å²) in [7, 11) is 0. The Morgan fingerprint density at radius 2 is 1.96 bits per heavy atom. The quantitative estimate of drug-likeness (QED) is 0.673. The van der Waals surface area contributed by atoms with E-state index in [1.165, 1.54) is 6.33 Å². The fraction of sp³-hybridized carbons (Fsp3) is 0.231. The third-order valence-corrected chi connectivity index (χ3v) is 2.54. The molecule has 0 atom stereocenters. The van der Waals surface area contributed by atoms with E-state index < -0.39 is 18.1 Å². The molecule has 25 heavy (non-hydrogen) atoms. The van der Waals surface area contributed by atoms with E-state index >= 15 is 0 Å². The lowest BCUT2D eigenvalue weighted by Crippen LogP contribution is -2.38. The number of hydrogen-bond acceptors (Lipinski definition) is 7. The first-order valence-electron chi connectivity index (χ1n) is 6.53. The molecule has 0 aliphatic carbocycles. The Labute approximate surface area is 138 Å². The average Bonchev–Trinajstić information content (AvgIpc) is 2.53. The third kappa shape index (κ3) is 7.20. The maximum atomic E-state index is 10.5. The van der Waals surface area contributed by atoms with E-state index in [0.717, 1.165) is 5.56 Å². The van der Waals surface area contributed by atoms with E-state index in [0.29, 0.717) is 18.1 Å². The number of alkyl halides is 3. The fourth-order valence-electron chi connectivity index (χ4n) is 1.41. The van der Waals surface area contributed by atoms with Crippen LogP contribution in [-0.4, -0.2) is 38.3 Å². The largest absolute Gasteiger partial charge is 0.542 e. The molecular weight excluding hydrogens is 347 g/mol. The highest BCUT2D eigenvalue weighted by molar-refractivity contribution is 5.70. The molecule has 12 heteroatoms. The van der Waals surface area contributed by atoms with E-state index in [4.69, 9.17) is 20.7 Å². The van der Waals surface area contributed by atoms with E-state index in [9.17, 15) is 18.0 Å². The van der Waals surface area contributed by atoms with Gasteiger partial charge in [-0.3, -0.25) is 4.79 Å². The van der Waals surface area contributed by atoms with Gasteiger partial charge in [0.25, 0.3) is 0 Å². The van der Waals surface area contributed by atoms with Gasteiger partial charge in [0.15, 0.2) is 12.7 Å². The van der Waals surface area contributed by atoms with E-state index in [1.54, 1.807) is 29.2 Å². The summed E-state index contributed by atoms with van der Waals surface area (Å²) in [5.74, 6) is -3.47. The van der Waals surface area contributed by atoms with Crippen LogP contribution < -0.4 is 15.5 Å². The number of anilines is 1. The first-order valence-corrected chi connectivity index (χ1v) is 6.53. The van der Waals surface area contributed by atoms with Crippen LogP contribution in [0.25, 0.3) is 11.3 Å². The van der Waals surface area contributed by atoms with Crippen molar-refractivity contribution in [3.63, 3.8) is 0 Å². The molecule has 3 N–H and O–H groups in total. The summed E-state index contributed by atoms with van der Waals surface area (Å²) in [6.45, 7) is 0.335. The SMILES string of the molecule is Nc1cc(-c2cc[n+](CCC(=O)O)nc2)ncn1.O=C([O-])C(F)(F)F. The Morgan fingerprint density at radius 1 is 1.32 bits per heavy atom. The van der Waals surface area contributed by atoms with Gasteiger partial charge in [0.1, 0.15) is 30.7 Å². The molecule has 0 aliphatic heterocycles. The van der Waals surface area contributed by atoms with Gasteiger partial charge < -0.3 is 20.7 Å². The van der Waals surface area contributed by atoms with Gasteiger partial charge in [-0.15, -0.1) is 0 Å². The number of nitrogens with two attached hydrogens (primary N) is 1. The van der Waals surface area contributed by atoms with Crippen LogP contribution >= 0.6 is 0 Å². The Kier molecular flexibility index (Phi) is 6.72. The zero-order valence-corrected chi connectivity index (χ0v) is 12.5. The van der Waals surface area contributed by atoms with Gasteiger partial charge in [-0.05, 0) is 5.10 Å². The van der Waals surface area contributed by atoms with Gasteiger partial charge in [0, 0.05) is 17.7 Å². The molecule has 0 spiro atoms. The summed E-state index contributed by atoms with van der Waals surface area (Å²) in [6, 6.07) is 3.45. The van der Waals surface area contributed by atoms with Crippen molar-refractivity contribution in [1.29, 1.82) is 0 Å². The highest BCUT2D eigenvalue weighted by atomic mass is 19.4. The number of carbonyl (C=O) groups excluding carboxylic acids is 1. The predicted molar refractivity (Wildman–Crippen MR) is 73.2 cm³/mol. The minimum Gasteiger partial charge on any atom is -0.542 e. The monoisotopic (exact) mass is 359 g/mol. The van der Waals surface area contributed by atoms with Crippen LogP contribution in [0.5, 0.6) is 0 Å². The number of nitrogens with zero attached hydrogens (tertiary/aromatic N) is 4. The number of aromatic nitrogens is 4. The normalized spacial score (nSPS) is 10.5. The Bertz CT molecular complexity index is 737. The van der Waals surface area contributed by atoms with Crippen LogP contribution in [0.3, 0.4) is 0 Å². The number of carboxylic acids is 2. The number of carboxylic acid groups (broad SMARTS) is 2. The molecule has 0 aliphatic rings. The molecule has 9 nitrogen and oxygen atoms in total. The molecular formula is C13H12F3N5O4. The van der Waals surface area contributed by atoms with E-state index in [2.05, 4.69) is 15.1 Å². The van der Waals surface area contributed by atoms with Crippen LogP contribution in [0.4, 0.5) is 19.0 Å². The van der Waals surface area contributed by atoms with Crippen molar-refractivity contribution in [2.24, 2.45) is 0 Å². The number of aliphatic carboxylic acids is 2. The van der Waals surface area contributed by atoms with Gasteiger partial charge >= 0.3 is 12.1 Å². The second-order valence-electron chi connectivity index (χ2n) is 4.44. The highest BCUT2D eigenvalue weighted by Crippen LogP contribution is 2.14. The molecule has 0 amide bonds. The Hall–Kier alpha value is -3.31. The highest BCUT2D eigenvalue weighted by Gasteiger charge is 2.28. The van der Waals surface area contributed by atoms with Crippen molar-refractivity contribution in [2.75, 3.05) is 5.73 Å². The maximum absolute atomic E-state index is 10.5. The van der Waals surface area contributed by atoms with Crippen molar-refractivity contribution in [1.82, 2.24) is 15.1 Å². The fourth-order valence-corrected chi connectivity index (χ4v) is 1.41. The van der Waals surface area contributed by atoms with Crippen molar-refractivity contribution < 1.29 is 37.7 Å². The van der Waals surface area contributed by atoms with E-state index in [-0.39, 0.29) is 6.42 Å². The second kappa shape index (κ2) is 8.52. The molecule has 2 heterocycles. The summed E-state index contributed by atoms with van der Waals surface area (Å²) < 4.78 is 33.1. The van der Waals surface area contributed by atoms with Crippen LogP contribution in [0.2, 0.25) is 0 Å². The Morgan fingerprint density at radius 3 is 2.40 bits per heavy atom. The van der Waals surface area contributed by atoms with Gasteiger partial charge in [0.2, 0.25) is 0 Å². The lowest BCUT2D eigenvalue weighted by molar-refractivity contribution is -0.752. The number of hydrogen-bond donors (Lipinski definition) is 2. The number of aryl methyl sites for hydroxylation is 1. The summed E-state index contributed by atoms with van der Waals surface area (Å²) in [6.07, 6.45) is -0.451. The zero-order valence-electron chi connectivity index (χ0n) is 12.5. The lowest BCUT2D eigenvalue weighted by atomic mass is 10.2. The van der Waals surface area contributed by atoms with Crippen LogP contribution in [-0.2, 0) is 16.1 Å². The number of rotatable bonds is 4. The maximum Gasteiger partial charge on any atom is 0.430 e. The van der Waals surface area contributed by atoms with Gasteiger partial charge in [-0.2, -0.15) is 13.2 Å². The molecule has 2 rings (SSSR count). The van der Waals surface area contributed by atoms with Gasteiger partial charge in [0.05, 0.1) is 5.69 Å². The van der Waals surface area contributed by atoms with Crippen molar-refractivity contribution >= 4 is 17.8 Å². The number of halogens is 3. The average molecular weight is 359 g/mol. The molecule has 0 radical (unpaired) electrons. The molecule has 0 bridgehead atoms. The Balaban J connectivity index is 0.000000381. The molecule has 0 saturated heterocycles. The minimum absolute atomic E-state index is 0.0392. The molecule has 0 saturated carbocycles. The van der Waals surface area contributed by atoms with Crippen LogP contribution in [0.15, 0.2) is 30.9 Å². The summed E-state index contributed by atoms with van der Waals surface area (Å²) in [5, 5.41) is 21.5. The zero-order chi connectivity index (χ0) is 19.0. The summed E-state index contributed by atoms with van der Waals surface area (Å²) >= 11 is 0. The number of carbonyl (C=O) groups is 2. The standard InChI is InChI=1S/C11H11N5O2.C2HF3O2/c12-10-5-9(13-7-14-10)8-1-3-16(15-6-8)4-2-11(17)18;3-2(4,5)1(6)7/h1,3,5-7H,2,4H2,(H2-,12,13,14,17,18);(H,6,7). The molecule has 0 fully saturated rings. The van der Waals surface area contributed by atoms with Crippen molar-refractivity contribution in [2.45, 2.75) is 19.1 Å². The smallest absolute Gasteiger partial charge is 0.430 e. The van der Waals surface area contributed by atoms with Crippen molar-refractivity contribution in [3.8, 4) is 11.3 Å². The lowest BCUT2D eigenvalue weighted by Gasteiger charge is -2.03. The number of nitrogen functional groups attached to an aromatic ring is 1. The molecule has 0 unspecified atom stereocenters. The van der Waals surface area contributed by atoms with Crippen LogP contribution in [0.1, 0.15) is 6.42 Å². The molecule has 134 valence electrons. The predicted octanol–water partition coefficient (Wildman–Crippen LogP) is -0.818.